The Morgan fingerprint density at radius 3 is 2.61 bits per heavy atom. The Bertz CT molecular complexity index is 1470. The van der Waals surface area contributed by atoms with Crippen molar-refractivity contribution in [1.82, 2.24) is 24.9 Å². The zero-order chi connectivity index (χ0) is 22.8. The minimum absolute atomic E-state index is 0.186. The summed E-state index contributed by atoms with van der Waals surface area (Å²) in [6.07, 6.45) is 4.78. The van der Waals surface area contributed by atoms with Crippen molar-refractivity contribution >= 4 is 45.5 Å². The van der Waals surface area contributed by atoms with Gasteiger partial charge in [0.05, 0.1) is 17.7 Å². The molecule has 0 atom stereocenters. The number of imidazole rings is 2. The number of fused-ring (bicyclic) bond motifs is 2. The number of amides is 2. The maximum atomic E-state index is 12.9. The number of carbonyl (C=O) groups excluding carboxylic acids is 2. The van der Waals surface area contributed by atoms with Crippen LogP contribution in [0.4, 0.5) is 11.9 Å². The lowest BCUT2D eigenvalue weighted by Crippen LogP contribution is -2.15. The summed E-state index contributed by atoms with van der Waals surface area (Å²) in [6.45, 7) is 2.28. The number of hydrogen-bond acceptors (Lipinski definition) is 6. The average Bonchev–Trinajstić information content (AvgIpc) is 3.47. The molecule has 0 radical (unpaired) electrons. The van der Waals surface area contributed by atoms with Crippen LogP contribution >= 0.6 is 0 Å². The first-order valence-electron chi connectivity index (χ1n) is 10.2. The maximum absolute atomic E-state index is 12.9. The van der Waals surface area contributed by atoms with E-state index in [1.807, 2.05) is 31.2 Å². The van der Waals surface area contributed by atoms with E-state index in [9.17, 15) is 9.59 Å². The van der Waals surface area contributed by atoms with Crippen molar-refractivity contribution in [2.75, 3.05) is 17.2 Å². The highest BCUT2D eigenvalue weighted by Gasteiger charge is 2.19. The van der Waals surface area contributed by atoms with Gasteiger partial charge in [-0.1, -0.05) is 24.3 Å². The predicted molar refractivity (Wildman–Crippen MR) is 123 cm³/mol. The van der Waals surface area contributed by atoms with Crippen LogP contribution in [0.3, 0.4) is 0 Å². The summed E-state index contributed by atoms with van der Waals surface area (Å²) in [6, 6.07) is 12.7. The van der Waals surface area contributed by atoms with E-state index in [1.165, 1.54) is 6.20 Å². The average molecular weight is 441 g/mol. The normalized spacial score (nSPS) is 10.9. The summed E-state index contributed by atoms with van der Waals surface area (Å²) in [4.78, 5) is 44.2. The van der Waals surface area contributed by atoms with Gasteiger partial charge in [0.25, 0.3) is 11.8 Å². The fourth-order valence-electron chi connectivity index (χ4n) is 3.46. The van der Waals surface area contributed by atoms with Gasteiger partial charge in [-0.25, -0.2) is 9.97 Å². The number of pyridine rings is 1. The quantitative estimate of drug-likeness (QED) is 0.317. The van der Waals surface area contributed by atoms with Gasteiger partial charge in [0.1, 0.15) is 17.0 Å². The van der Waals surface area contributed by atoms with Crippen molar-refractivity contribution in [3.8, 4) is 5.75 Å². The Balaban J connectivity index is 1.47. The van der Waals surface area contributed by atoms with Gasteiger partial charge in [-0.15, -0.1) is 0 Å². The number of hydrogen-bond donors (Lipinski definition) is 4. The minimum Gasteiger partial charge on any atom is -0.494 e. The fourth-order valence-corrected chi connectivity index (χ4v) is 3.46. The summed E-state index contributed by atoms with van der Waals surface area (Å²) in [5.41, 5.74) is 1.43. The summed E-state index contributed by atoms with van der Waals surface area (Å²) < 4.78 is 5.59. The molecule has 0 saturated heterocycles. The standard InChI is InChI=1S/C23H19N7O3/c1-2-33-15-10-16(20(31)29-22-24-7-8-25-22)19-17(11-15)27-23(28-19)30-21(32)18-9-13-5-3-4-6-14(13)12-26-18/h3-12H,2H2,1H3,(H2,24,25,29,31)(H2,27,28,30,32). The number of nitrogens with zero attached hydrogens (tertiary/aromatic N) is 3. The van der Waals surface area contributed by atoms with Gasteiger partial charge in [-0.2, -0.15) is 0 Å². The number of anilines is 2. The van der Waals surface area contributed by atoms with Gasteiger partial charge in [0.2, 0.25) is 11.9 Å². The van der Waals surface area contributed by atoms with Crippen LogP contribution in [0.2, 0.25) is 0 Å². The molecule has 0 aliphatic carbocycles. The number of aromatic nitrogens is 5. The van der Waals surface area contributed by atoms with Crippen LogP contribution < -0.4 is 15.4 Å². The maximum Gasteiger partial charge on any atom is 0.276 e. The number of ether oxygens (including phenoxy) is 1. The van der Waals surface area contributed by atoms with E-state index in [0.29, 0.717) is 29.3 Å². The summed E-state index contributed by atoms with van der Waals surface area (Å²) in [5.74, 6) is 0.142. The number of nitrogens with one attached hydrogen (secondary N) is 4. The Morgan fingerprint density at radius 1 is 1.00 bits per heavy atom. The van der Waals surface area contributed by atoms with Crippen LogP contribution in [0.1, 0.15) is 27.8 Å². The predicted octanol–water partition coefficient (Wildman–Crippen LogP) is 3.74. The first-order valence-corrected chi connectivity index (χ1v) is 10.2. The Hall–Kier alpha value is -4.73. The molecule has 10 heteroatoms. The zero-order valence-corrected chi connectivity index (χ0v) is 17.5. The van der Waals surface area contributed by atoms with E-state index in [0.717, 1.165) is 10.8 Å². The lowest BCUT2D eigenvalue weighted by Gasteiger charge is -2.07. The van der Waals surface area contributed by atoms with Gasteiger partial charge < -0.3 is 14.7 Å². The first kappa shape index (κ1) is 20.2. The summed E-state index contributed by atoms with van der Waals surface area (Å²) >= 11 is 0. The van der Waals surface area contributed by atoms with Crippen LogP contribution in [-0.2, 0) is 0 Å². The van der Waals surface area contributed by atoms with Crippen molar-refractivity contribution in [2.24, 2.45) is 0 Å². The molecule has 5 rings (SSSR count). The SMILES string of the molecule is CCOc1cc(C(=O)Nc2ncc[nH]2)c2nc(NC(=O)c3cc4ccccc4cn3)[nH]c2c1. The van der Waals surface area contributed by atoms with Gasteiger partial charge in [0, 0.05) is 30.0 Å². The van der Waals surface area contributed by atoms with Crippen molar-refractivity contribution in [1.29, 1.82) is 0 Å². The molecule has 33 heavy (non-hydrogen) atoms. The molecule has 3 heterocycles. The second-order valence-corrected chi connectivity index (χ2v) is 7.15. The number of H-pyrrole nitrogens is 2. The Morgan fingerprint density at radius 2 is 1.82 bits per heavy atom. The van der Waals surface area contributed by atoms with Crippen molar-refractivity contribution in [3.63, 3.8) is 0 Å². The molecule has 2 aromatic carbocycles. The highest BCUT2D eigenvalue weighted by molar-refractivity contribution is 6.12. The Labute approximate surface area is 187 Å². The number of carbonyl (C=O) groups is 2. The largest absolute Gasteiger partial charge is 0.494 e. The molecule has 4 N–H and O–H groups in total. The topological polar surface area (TPSA) is 138 Å². The van der Waals surface area contributed by atoms with E-state index in [2.05, 4.69) is 35.6 Å². The molecule has 0 saturated carbocycles. The summed E-state index contributed by atoms with van der Waals surface area (Å²) in [7, 11) is 0. The van der Waals surface area contributed by atoms with Crippen LogP contribution in [0.25, 0.3) is 21.8 Å². The third kappa shape index (κ3) is 4.09. The second-order valence-electron chi connectivity index (χ2n) is 7.15. The molecule has 0 spiro atoms. The molecule has 2 amide bonds. The van der Waals surface area contributed by atoms with Crippen molar-refractivity contribution in [2.45, 2.75) is 6.92 Å². The zero-order valence-electron chi connectivity index (χ0n) is 17.5. The first-order chi connectivity index (χ1) is 16.1. The molecule has 0 unspecified atom stereocenters. The Kier molecular flexibility index (Phi) is 5.15. The molecular formula is C23H19N7O3. The molecule has 0 aliphatic rings. The van der Waals surface area contributed by atoms with E-state index in [4.69, 9.17) is 4.74 Å². The van der Waals surface area contributed by atoms with Crippen LogP contribution in [0, 0.1) is 0 Å². The highest BCUT2D eigenvalue weighted by atomic mass is 16.5. The van der Waals surface area contributed by atoms with Crippen LogP contribution in [-0.4, -0.2) is 43.3 Å². The number of benzene rings is 2. The summed E-state index contributed by atoms with van der Waals surface area (Å²) in [5, 5.41) is 7.24. The lowest BCUT2D eigenvalue weighted by molar-refractivity contribution is 0.101. The van der Waals surface area contributed by atoms with Gasteiger partial charge >= 0.3 is 0 Å². The lowest BCUT2D eigenvalue weighted by atomic mass is 10.1. The molecule has 0 fully saturated rings. The smallest absolute Gasteiger partial charge is 0.276 e. The third-order valence-electron chi connectivity index (χ3n) is 4.94. The second kappa shape index (κ2) is 8.42. The van der Waals surface area contributed by atoms with Crippen molar-refractivity contribution < 1.29 is 14.3 Å². The molecule has 3 aromatic heterocycles. The van der Waals surface area contributed by atoms with E-state index >= 15 is 0 Å². The van der Waals surface area contributed by atoms with E-state index < -0.39 is 11.8 Å². The third-order valence-corrected chi connectivity index (χ3v) is 4.94. The van der Waals surface area contributed by atoms with Crippen molar-refractivity contribution in [3.05, 3.63) is 72.3 Å². The van der Waals surface area contributed by atoms with Crippen LogP contribution in [0.5, 0.6) is 5.75 Å². The number of aromatic amines is 2. The molecule has 5 aromatic rings. The minimum atomic E-state index is -0.425. The molecule has 10 nitrogen and oxygen atoms in total. The van der Waals surface area contributed by atoms with Gasteiger partial charge in [0.15, 0.2) is 0 Å². The molecular weight excluding hydrogens is 422 g/mol. The highest BCUT2D eigenvalue weighted by Crippen LogP contribution is 2.26. The monoisotopic (exact) mass is 441 g/mol. The van der Waals surface area contributed by atoms with Gasteiger partial charge in [-0.05, 0) is 24.4 Å². The van der Waals surface area contributed by atoms with Crippen LogP contribution in [0.15, 0.2) is 61.1 Å². The van der Waals surface area contributed by atoms with E-state index in [1.54, 1.807) is 30.6 Å². The molecule has 0 bridgehead atoms. The fraction of sp³-hybridized carbons (Fsp3) is 0.0870. The van der Waals surface area contributed by atoms with E-state index in [-0.39, 0.29) is 17.2 Å². The van der Waals surface area contributed by atoms with Gasteiger partial charge in [-0.3, -0.25) is 25.2 Å². The molecule has 0 aliphatic heterocycles. The number of rotatable bonds is 6. The molecule has 164 valence electrons.